The van der Waals surface area contributed by atoms with Crippen LogP contribution in [0.2, 0.25) is 0 Å². The van der Waals surface area contributed by atoms with Crippen LogP contribution in [0.5, 0.6) is 0 Å². The average Bonchev–Trinajstić information content (AvgIpc) is 2.76. The molecule has 2 rings (SSSR count). The van der Waals surface area contributed by atoms with Gasteiger partial charge in [-0.15, -0.1) is 0 Å². The average molecular weight is 458 g/mol. The predicted octanol–water partition coefficient (Wildman–Crippen LogP) is 4.58. The highest BCUT2D eigenvalue weighted by Crippen LogP contribution is 2.25. The quantitative estimate of drug-likeness (QED) is 0.598. The zero-order valence-corrected chi connectivity index (χ0v) is 20.6. The van der Waals surface area contributed by atoms with E-state index in [2.05, 4.69) is 17.2 Å². The second kappa shape index (κ2) is 11.9. The van der Waals surface area contributed by atoms with Crippen molar-refractivity contribution in [3.63, 3.8) is 0 Å². The molecule has 0 aromatic heterocycles. The zero-order valence-electron chi connectivity index (χ0n) is 20.6. The van der Waals surface area contributed by atoms with Crippen molar-refractivity contribution >= 4 is 24.0 Å². The third-order valence-corrected chi connectivity index (χ3v) is 5.70. The smallest absolute Gasteiger partial charge is 0.408 e. The summed E-state index contributed by atoms with van der Waals surface area (Å²) in [6.45, 7) is 12.8. The van der Waals surface area contributed by atoms with E-state index in [-0.39, 0.29) is 17.9 Å². The molecule has 3 amide bonds. The molecular weight excluding hydrogens is 418 g/mol. The van der Waals surface area contributed by atoms with E-state index in [9.17, 15) is 14.4 Å². The second-order valence-electron chi connectivity index (χ2n) is 9.61. The van der Waals surface area contributed by atoms with Crippen LogP contribution in [0.3, 0.4) is 0 Å². The Morgan fingerprint density at radius 1 is 1.21 bits per heavy atom. The number of ether oxygens (including phenoxy) is 1. The lowest BCUT2D eigenvalue weighted by atomic mass is 9.94. The first kappa shape index (κ1) is 26.4. The van der Waals surface area contributed by atoms with Gasteiger partial charge in [0.1, 0.15) is 17.7 Å². The van der Waals surface area contributed by atoms with Gasteiger partial charge in [0.15, 0.2) is 0 Å². The number of benzene rings is 1. The summed E-state index contributed by atoms with van der Waals surface area (Å²) in [5.74, 6) is -0.557. The van der Waals surface area contributed by atoms with Crippen molar-refractivity contribution in [3.05, 3.63) is 42.0 Å². The number of amides is 3. The number of nitrogens with zero attached hydrogens (tertiary/aromatic N) is 1. The lowest BCUT2D eigenvalue weighted by Gasteiger charge is -2.34. The largest absolute Gasteiger partial charge is 0.444 e. The minimum atomic E-state index is -0.854. The second-order valence-corrected chi connectivity index (χ2v) is 9.61. The van der Waals surface area contributed by atoms with Gasteiger partial charge < -0.3 is 20.3 Å². The van der Waals surface area contributed by atoms with E-state index in [1.54, 1.807) is 33.8 Å². The number of likely N-dealkylation sites (N-methyl/N-ethyl adjacent to an activating group) is 1. The van der Waals surface area contributed by atoms with Crippen LogP contribution in [0.25, 0.3) is 6.08 Å². The van der Waals surface area contributed by atoms with E-state index in [4.69, 9.17) is 4.74 Å². The van der Waals surface area contributed by atoms with Crippen molar-refractivity contribution in [1.29, 1.82) is 0 Å². The van der Waals surface area contributed by atoms with E-state index in [0.717, 1.165) is 31.2 Å². The molecular formula is C26H39N3O4. The third kappa shape index (κ3) is 7.91. The van der Waals surface area contributed by atoms with Gasteiger partial charge in [0.2, 0.25) is 11.8 Å². The van der Waals surface area contributed by atoms with Gasteiger partial charge in [-0.1, -0.05) is 50.1 Å². The maximum absolute atomic E-state index is 13.5. The maximum atomic E-state index is 13.5. The summed E-state index contributed by atoms with van der Waals surface area (Å²) in [5.41, 5.74) is 0.900. The highest BCUT2D eigenvalue weighted by molar-refractivity contribution is 5.92. The van der Waals surface area contributed by atoms with Gasteiger partial charge in [-0.25, -0.2) is 4.79 Å². The number of rotatable bonds is 8. The van der Waals surface area contributed by atoms with Crippen molar-refractivity contribution in [2.45, 2.75) is 90.4 Å². The maximum Gasteiger partial charge on any atom is 0.408 e. The van der Waals surface area contributed by atoms with Crippen LogP contribution in [-0.2, 0) is 14.3 Å². The van der Waals surface area contributed by atoms with Crippen LogP contribution in [0.1, 0.15) is 83.9 Å². The van der Waals surface area contributed by atoms with Gasteiger partial charge in [-0.05, 0) is 64.7 Å². The molecule has 1 aliphatic rings. The topological polar surface area (TPSA) is 87.7 Å². The number of carbonyl (C=O) groups is 3. The Labute approximate surface area is 197 Å². The highest BCUT2D eigenvalue weighted by Gasteiger charge is 2.34. The Hall–Kier alpha value is -2.83. The molecule has 0 aliphatic heterocycles. The van der Waals surface area contributed by atoms with Crippen LogP contribution < -0.4 is 10.6 Å². The predicted molar refractivity (Wildman–Crippen MR) is 131 cm³/mol. The summed E-state index contributed by atoms with van der Waals surface area (Å²) in [4.78, 5) is 40.6. The van der Waals surface area contributed by atoms with Gasteiger partial charge in [0.25, 0.3) is 0 Å². The Balaban J connectivity index is 2.29. The Morgan fingerprint density at radius 3 is 2.45 bits per heavy atom. The van der Waals surface area contributed by atoms with Gasteiger partial charge >= 0.3 is 6.09 Å². The standard InChI is InChI=1S/C26H39N3O4/c1-7-19-13-12-14-20(17-19)22(23(30)28-21-15-10-9-11-16-21)29(8-2)24(31)18(3)27-25(32)33-26(4,5)6/h7,12-14,17-18,21-22H,1,8-11,15-16H2,2-6H3,(H,27,32)(H,28,30). The molecule has 0 bridgehead atoms. The molecule has 1 aliphatic carbocycles. The van der Waals surface area contributed by atoms with Gasteiger partial charge in [0, 0.05) is 12.6 Å². The lowest BCUT2D eigenvalue weighted by Crippen LogP contribution is -2.52. The molecule has 7 heteroatoms. The number of nitrogens with one attached hydrogen (secondary N) is 2. The minimum Gasteiger partial charge on any atom is -0.444 e. The SMILES string of the molecule is C=Cc1cccc(C(C(=O)NC2CCCCC2)N(CC)C(=O)C(C)NC(=O)OC(C)(C)C)c1. The molecule has 0 spiro atoms. The van der Waals surface area contributed by atoms with E-state index >= 15 is 0 Å². The van der Waals surface area contributed by atoms with Gasteiger partial charge in [0.05, 0.1) is 0 Å². The van der Waals surface area contributed by atoms with Crippen molar-refractivity contribution in [1.82, 2.24) is 15.5 Å². The molecule has 182 valence electrons. The lowest BCUT2D eigenvalue weighted by molar-refractivity contribution is -0.142. The number of carbonyl (C=O) groups excluding carboxylic acids is 3. The fourth-order valence-electron chi connectivity index (χ4n) is 4.12. The molecule has 0 saturated heterocycles. The molecule has 1 aromatic rings. The van der Waals surface area contributed by atoms with E-state index in [0.29, 0.717) is 12.1 Å². The first-order valence-corrected chi connectivity index (χ1v) is 11.9. The summed E-state index contributed by atoms with van der Waals surface area (Å²) in [5, 5.41) is 5.76. The Morgan fingerprint density at radius 2 is 1.88 bits per heavy atom. The summed E-state index contributed by atoms with van der Waals surface area (Å²) in [7, 11) is 0. The first-order valence-electron chi connectivity index (χ1n) is 11.9. The summed E-state index contributed by atoms with van der Waals surface area (Å²) >= 11 is 0. The number of hydrogen-bond acceptors (Lipinski definition) is 4. The summed E-state index contributed by atoms with van der Waals surface area (Å²) in [6.07, 6.45) is 6.30. The molecule has 1 saturated carbocycles. The molecule has 0 radical (unpaired) electrons. The molecule has 1 fully saturated rings. The van der Waals surface area contributed by atoms with Gasteiger partial charge in [-0.2, -0.15) is 0 Å². The molecule has 2 N–H and O–H groups in total. The number of alkyl carbamates (subject to hydrolysis) is 1. The van der Waals surface area contributed by atoms with Crippen molar-refractivity contribution in [2.75, 3.05) is 6.54 Å². The Bertz CT molecular complexity index is 840. The van der Waals surface area contributed by atoms with Crippen molar-refractivity contribution < 1.29 is 19.1 Å². The Kier molecular flexibility index (Phi) is 9.50. The number of hydrogen-bond donors (Lipinski definition) is 2. The molecule has 2 atom stereocenters. The third-order valence-electron chi connectivity index (χ3n) is 5.70. The molecule has 1 aromatic carbocycles. The van der Waals surface area contributed by atoms with Crippen LogP contribution in [0.15, 0.2) is 30.8 Å². The minimum absolute atomic E-state index is 0.113. The van der Waals surface area contributed by atoms with E-state index in [1.165, 1.54) is 11.3 Å². The van der Waals surface area contributed by atoms with E-state index < -0.39 is 23.8 Å². The normalized spacial score (nSPS) is 16.3. The molecule has 2 unspecified atom stereocenters. The molecule has 33 heavy (non-hydrogen) atoms. The van der Waals surface area contributed by atoms with Crippen LogP contribution in [-0.4, -0.2) is 47.0 Å². The van der Waals surface area contributed by atoms with Crippen LogP contribution >= 0.6 is 0 Å². The van der Waals surface area contributed by atoms with Crippen molar-refractivity contribution in [3.8, 4) is 0 Å². The fourth-order valence-corrected chi connectivity index (χ4v) is 4.12. The summed E-state index contributed by atoms with van der Waals surface area (Å²) < 4.78 is 5.28. The fraction of sp³-hybridized carbons (Fsp3) is 0.577. The van der Waals surface area contributed by atoms with Crippen LogP contribution in [0, 0.1) is 0 Å². The molecule has 0 heterocycles. The zero-order chi connectivity index (χ0) is 24.6. The van der Waals surface area contributed by atoms with Crippen LogP contribution in [0.4, 0.5) is 4.79 Å². The molecule has 7 nitrogen and oxygen atoms in total. The highest BCUT2D eigenvalue weighted by atomic mass is 16.6. The summed E-state index contributed by atoms with van der Waals surface area (Å²) in [6, 6.07) is 5.92. The van der Waals surface area contributed by atoms with Crippen molar-refractivity contribution in [2.24, 2.45) is 0 Å². The monoisotopic (exact) mass is 457 g/mol. The first-order chi connectivity index (χ1) is 15.6. The van der Waals surface area contributed by atoms with E-state index in [1.807, 2.05) is 31.2 Å². The van der Waals surface area contributed by atoms with Gasteiger partial charge in [-0.3, -0.25) is 9.59 Å².